The van der Waals surface area contributed by atoms with Crippen LogP contribution in [0.3, 0.4) is 0 Å². The number of amides is 2. The van der Waals surface area contributed by atoms with Crippen LogP contribution >= 0.6 is 0 Å². The molecule has 0 bridgehead atoms. The maximum absolute atomic E-state index is 14.1. The van der Waals surface area contributed by atoms with Gasteiger partial charge in [0.15, 0.2) is 0 Å². The molecule has 1 fully saturated rings. The molecule has 0 unspecified atom stereocenters. The van der Waals surface area contributed by atoms with E-state index in [0.717, 1.165) is 17.0 Å². The molecule has 0 spiro atoms. The fourth-order valence-corrected chi connectivity index (χ4v) is 5.93. The molecule has 1 aromatic carbocycles. The number of morpholine rings is 1. The monoisotopic (exact) mass is 606 g/mol. The lowest BCUT2D eigenvalue weighted by Crippen LogP contribution is -2.59. The third-order valence-corrected chi connectivity index (χ3v) is 7.67. The number of hydrogen-bond donors (Lipinski definition) is 1. The Morgan fingerprint density at radius 1 is 0.953 bits per heavy atom. The third kappa shape index (κ3) is 4.67. The van der Waals surface area contributed by atoms with Gasteiger partial charge in [-0.25, -0.2) is 9.78 Å². The smallest absolute Gasteiger partial charge is 0.366 e. The van der Waals surface area contributed by atoms with Crippen molar-refractivity contribution in [3.05, 3.63) is 72.4 Å². The average Bonchev–Trinajstić information content (AvgIpc) is 3.61. The van der Waals surface area contributed by atoms with Crippen molar-refractivity contribution in [2.75, 3.05) is 19.6 Å². The molecular weight excluding hydrogens is 585 g/mol. The summed E-state index contributed by atoms with van der Waals surface area (Å²) in [6, 6.07) is 6.27. The lowest BCUT2D eigenvalue weighted by Gasteiger charge is -2.39. The molecule has 4 aromatic heterocycles. The Bertz CT molecular complexity index is 1870. The van der Waals surface area contributed by atoms with Crippen LogP contribution in [0.15, 0.2) is 61.3 Å². The number of pyridine rings is 1. The Kier molecular flexibility index (Phi) is 5.86. The summed E-state index contributed by atoms with van der Waals surface area (Å²) < 4.78 is 105. The molecule has 5 aromatic rings. The highest BCUT2D eigenvalue weighted by Gasteiger charge is 2.53. The van der Waals surface area contributed by atoms with Gasteiger partial charge in [0, 0.05) is 66.5 Å². The predicted molar refractivity (Wildman–Crippen MR) is 139 cm³/mol. The standard InChI is InChI=1S/C28H21F7N6O2/c29-26(30)14-40(15-27(31,32)43-26)25(42)39-6-5-38-13-21(18-8-17(28(33,34)35)7-16(12-39)24(18)38)19-9-36-10-20(19)22-11-37-23-3-1-2-4-41(22)23/h1-4,7-11,13,36H,5-6,12,14-15H2. The summed E-state index contributed by atoms with van der Waals surface area (Å²) in [6.45, 7) is -3.28. The topological polar surface area (TPSA) is 70.8 Å². The van der Waals surface area contributed by atoms with Gasteiger partial charge in [-0.05, 0) is 29.8 Å². The van der Waals surface area contributed by atoms with Crippen LogP contribution in [0.25, 0.3) is 38.9 Å². The number of aromatic amines is 1. The number of ether oxygens (including phenoxy) is 1. The van der Waals surface area contributed by atoms with Crippen LogP contribution in [0.5, 0.6) is 0 Å². The number of aromatic nitrogens is 4. The zero-order valence-electron chi connectivity index (χ0n) is 22.0. The zero-order chi connectivity index (χ0) is 30.3. The number of H-pyrrole nitrogens is 1. The molecule has 0 radical (unpaired) electrons. The first-order valence-electron chi connectivity index (χ1n) is 13.1. The van der Waals surface area contributed by atoms with E-state index in [1.54, 1.807) is 29.4 Å². The van der Waals surface area contributed by atoms with Gasteiger partial charge in [-0.1, -0.05) is 6.07 Å². The lowest BCUT2D eigenvalue weighted by atomic mass is 9.98. The van der Waals surface area contributed by atoms with Crippen LogP contribution in [-0.4, -0.2) is 66.6 Å². The Labute approximate surface area is 237 Å². The normalized spacial score (nSPS) is 18.4. The largest absolute Gasteiger partial charge is 0.416 e. The van der Waals surface area contributed by atoms with Crippen LogP contribution in [-0.2, 0) is 24.0 Å². The molecule has 7 rings (SSSR count). The van der Waals surface area contributed by atoms with Crippen LogP contribution in [0.1, 0.15) is 11.1 Å². The summed E-state index contributed by atoms with van der Waals surface area (Å²) in [5.41, 5.74) is 2.75. The summed E-state index contributed by atoms with van der Waals surface area (Å²) in [5.74, 6) is 0. The van der Waals surface area contributed by atoms with Gasteiger partial charge in [0.25, 0.3) is 0 Å². The van der Waals surface area contributed by atoms with E-state index in [0.29, 0.717) is 33.5 Å². The van der Waals surface area contributed by atoms with E-state index < -0.39 is 49.6 Å². The minimum atomic E-state index is -4.75. The number of halogens is 7. The minimum Gasteiger partial charge on any atom is -0.366 e. The van der Waals surface area contributed by atoms with Crippen molar-refractivity contribution in [2.45, 2.75) is 31.5 Å². The number of fused-ring (bicyclic) bond motifs is 1. The van der Waals surface area contributed by atoms with Crippen molar-refractivity contribution >= 4 is 22.6 Å². The molecule has 1 N–H and O–H groups in total. The Balaban J connectivity index is 1.32. The zero-order valence-corrected chi connectivity index (χ0v) is 22.0. The minimum absolute atomic E-state index is 0.0765. The molecule has 6 heterocycles. The van der Waals surface area contributed by atoms with Gasteiger partial charge >= 0.3 is 24.4 Å². The number of carbonyl (C=O) groups excluding carboxylic acids is 1. The second kappa shape index (κ2) is 9.23. The molecule has 1 saturated heterocycles. The first kappa shape index (κ1) is 27.3. The van der Waals surface area contributed by atoms with E-state index in [4.69, 9.17) is 0 Å². The van der Waals surface area contributed by atoms with E-state index in [2.05, 4.69) is 14.7 Å². The van der Waals surface area contributed by atoms with Gasteiger partial charge in [0.1, 0.15) is 18.7 Å². The van der Waals surface area contributed by atoms with Crippen molar-refractivity contribution in [3.8, 4) is 22.4 Å². The lowest BCUT2D eigenvalue weighted by molar-refractivity contribution is -0.400. The molecular formula is C28H21F7N6O2. The van der Waals surface area contributed by atoms with Crippen molar-refractivity contribution < 1.29 is 40.3 Å². The number of nitrogens with one attached hydrogen (secondary N) is 1. The Hall–Kier alpha value is -4.53. The average molecular weight is 607 g/mol. The quantitative estimate of drug-likeness (QED) is 0.236. The molecule has 2 aliphatic heterocycles. The number of imidazole rings is 1. The summed E-state index contributed by atoms with van der Waals surface area (Å²) in [5, 5.41) is 0.262. The number of urea groups is 1. The molecule has 224 valence electrons. The molecule has 15 heteroatoms. The predicted octanol–water partition coefficient (Wildman–Crippen LogP) is 6.42. The van der Waals surface area contributed by atoms with Crippen LogP contribution in [0.2, 0.25) is 0 Å². The van der Waals surface area contributed by atoms with Crippen LogP contribution < -0.4 is 0 Å². The molecule has 2 amide bonds. The number of alkyl halides is 7. The SMILES string of the molecule is O=C(N1CCn2cc(-c3c[nH]cc3-c3cnc4ccccn34)c3cc(C(F)(F)F)cc(c32)C1)N1CC(F)(F)OC(F)(F)C1. The Morgan fingerprint density at radius 3 is 2.44 bits per heavy atom. The maximum atomic E-state index is 14.1. The van der Waals surface area contributed by atoms with E-state index >= 15 is 0 Å². The fourth-order valence-electron chi connectivity index (χ4n) is 5.93. The molecule has 0 atom stereocenters. The molecule has 8 nitrogen and oxygen atoms in total. The van der Waals surface area contributed by atoms with Crippen LogP contribution in [0.4, 0.5) is 35.5 Å². The molecule has 0 aliphatic carbocycles. The summed E-state index contributed by atoms with van der Waals surface area (Å²) in [7, 11) is 0. The Morgan fingerprint density at radius 2 is 1.70 bits per heavy atom. The first-order valence-corrected chi connectivity index (χ1v) is 13.1. The van der Waals surface area contributed by atoms with E-state index in [9.17, 15) is 35.5 Å². The fraction of sp³-hybridized carbons (Fsp3) is 0.286. The number of hydrogen-bond acceptors (Lipinski definition) is 3. The van der Waals surface area contributed by atoms with Gasteiger partial charge in [-0.2, -0.15) is 30.7 Å². The summed E-state index contributed by atoms with van der Waals surface area (Å²) in [4.78, 5) is 21.9. The van der Waals surface area contributed by atoms with E-state index in [-0.39, 0.29) is 28.9 Å². The number of rotatable bonds is 2. The number of benzene rings is 1. The number of carbonyl (C=O) groups is 1. The van der Waals surface area contributed by atoms with Crippen molar-refractivity contribution in [1.29, 1.82) is 0 Å². The van der Waals surface area contributed by atoms with Gasteiger partial charge in [-0.3, -0.25) is 9.14 Å². The maximum Gasteiger partial charge on any atom is 0.416 e. The molecule has 0 saturated carbocycles. The van der Waals surface area contributed by atoms with Gasteiger partial charge in [0.05, 0.1) is 23.0 Å². The van der Waals surface area contributed by atoms with Gasteiger partial charge < -0.3 is 19.4 Å². The highest BCUT2D eigenvalue weighted by atomic mass is 19.4. The highest BCUT2D eigenvalue weighted by Crippen LogP contribution is 2.43. The van der Waals surface area contributed by atoms with Gasteiger partial charge in [0.2, 0.25) is 0 Å². The summed E-state index contributed by atoms with van der Waals surface area (Å²) in [6.07, 6.45) is -4.76. The first-order chi connectivity index (χ1) is 20.3. The third-order valence-electron chi connectivity index (χ3n) is 7.67. The summed E-state index contributed by atoms with van der Waals surface area (Å²) >= 11 is 0. The van der Waals surface area contributed by atoms with Gasteiger partial charge in [-0.15, -0.1) is 0 Å². The molecule has 2 aliphatic rings. The van der Waals surface area contributed by atoms with Crippen molar-refractivity contribution in [2.24, 2.45) is 0 Å². The van der Waals surface area contributed by atoms with E-state index in [1.165, 1.54) is 0 Å². The highest BCUT2D eigenvalue weighted by molar-refractivity contribution is 6.02. The second-order valence-corrected chi connectivity index (χ2v) is 10.6. The van der Waals surface area contributed by atoms with Crippen molar-refractivity contribution in [1.82, 2.24) is 28.7 Å². The van der Waals surface area contributed by atoms with Crippen molar-refractivity contribution in [3.63, 3.8) is 0 Å². The van der Waals surface area contributed by atoms with Crippen LogP contribution in [0, 0.1) is 0 Å². The van der Waals surface area contributed by atoms with E-state index in [1.807, 2.05) is 28.8 Å². The second-order valence-electron chi connectivity index (χ2n) is 10.6. The molecule has 43 heavy (non-hydrogen) atoms. The number of nitrogens with zero attached hydrogens (tertiary/aromatic N) is 5.